The maximum Gasteiger partial charge on any atom is 0.240 e. The molecule has 8 heteroatoms. The highest BCUT2D eigenvalue weighted by Crippen LogP contribution is 2.49. The van der Waals surface area contributed by atoms with E-state index in [0.29, 0.717) is 50.0 Å². The molecule has 2 saturated carbocycles. The van der Waals surface area contributed by atoms with Gasteiger partial charge in [-0.3, -0.25) is 4.79 Å². The molecule has 2 N–H and O–H groups in total. The molecule has 2 fully saturated rings. The second-order valence-corrected chi connectivity index (χ2v) is 11.0. The summed E-state index contributed by atoms with van der Waals surface area (Å²) in [5.41, 5.74) is 0. The molecule has 0 aromatic heterocycles. The van der Waals surface area contributed by atoms with Crippen molar-refractivity contribution < 1.29 is 22.7 Å². The van der Waals surface area contributed by atoms with Gasteiger partial charge in [-0.1, -0.05) is 12.8 Å². The van der Waals surface area contributed by atoms with E-state index in [9.17, 15) is 13.2 Å². The Morgan fingerprint density at radius 1 is 1.10 bits per heavy atom. The van der Waals surface area contributed by atoms with Gasteiger partial charge in [-0.25, -0.2) is 13.1 Å². The number of fused-ring (bicyclic) bond motifs is 3. The van der Waals surface area contributed by atoms with E-state index in [1.165, 1.54) is 37.8 Å². The zero-order valence-corrected chi connectivity index (χ0v) is 19.1. The molecule has 2 aliphatic carbocycles. The molecule has 1 aromatic carbocycles. The fourth-order valence-electron chi connectivity index (χ4n) is 5.41. The van der Waals surface area contributed by atoms with Crippen molar-refractivity contribution in [2.45, 2.75) is 69.2 Å². The average molecular weight is 451 g/mol. The number of amides is 1. The highest BCUT2D eigenvalue weighted by atomic mass is 32.2. The van der Waals surface area contributed by atoms with Crippen LogP contribution in [0.25, 0.3) is 0 Å². The van der Waals surface area contributed by atoms with Crippen molar-refractivity contribution >= 4 is 15.9 Å². The Labute approximate surface area is 185 Å². The highest BCUT2D eigenvalue weighted by Gasteiger charge is 2.42. The van der Waals surface area contributed by atoms with Gasteiger partial charge in [0.15, 0.2) is 11.5 Å². The maximum absolute atomic E-state index is 12.5. The Morgan fingerprint density at radius 2 is 1.90 bits per heavy atom. The summed E-state index contributed by atoms with van der Waals surface area (Å²) >= 11 is 0. The van der Waals surface area contributed by atoms with Gasteiger partial charge < -0.3 is 14.8 Å². The molecule has 4 unspecified atom stereocenters. The van der Waals surface area contributed by atoms with E-state index in [-0.39, 0.29) is 16.8 Å². The quantitative estimate of drug-likeness (QED) is 0.534. The molecule has 1 aromatic rings. The molecule has 7 nitrogen and oxygen atoms in total. The molecular weight excluding hydrogens is 416 g/mol. The Hall–Kier alpha value is -1.80. The normalized spacial score (nSPS) is 25.4. The first-order chi connectivity index (χ1) is 14.9. The predicted molar refractivity (Wildman–Crippen MR) is 118 cm³/mol. The van der Waals surface area contributed by atoms with Crippen LogP contribution in [-0.2, 0) is 14.8 Å². The molecule has 4 rings (SSSR count). The third-order valence-corrected chi connectivity index (χ3v) is 8.48. The molecule has 2 bridgehead atoms. The molecule has 3 aliphatic rings. The third kappa shape index (κ3) is 5.52. The molecule has 31 heavy (non-hydrogen) atoms. The van der Waals surface area contributed by atoms with Crippen molar-refractivity contribution in [3.8, 4) is 11.5 Å². The van der Waals surface area contributed by atoms with E-state index in [1.807, 2.05) is 0 Å². The number of carbonyl (C=O) groups excluding carboxylic acids is 1. The number of sulfonamides is 1. The predicted octanol–water partition coefficient (Wildman–Crippen LogP) is 3.24. The number of nitrogens with one attached hydrogen (secondary N) is 2. The van der Waals surface area contributed by atoms with Gasteiger partial charge in [-0.15, -0.1) is 0 Å². The van der Waals surface area contributed by atoms with E-state index >= 15 is 0 Å². The second kappa shape index (κ2) is 9.77. The molecule has 172 valence electrons. The van der Waals surface area contributed by atoms with Crippen molar-refractivity contribution in [2.24, 2.45) is 17.8 Å². The van der Waals surface area contributed by atoms with Crippen LogP contribution in [0.3, 0.4) is 0 Å². The summed E-state index contributed by atoms with van der Waals surface area (Å²) in [7, 11) is -3.59. The summed E-state index contributed by atoms with van der Waals surface area (Å²) in [6.45, 7) is 3.38. The summed E-state index contributed by atoms with van der Waals surface area (Å²) in [5.74, 6) is 3.49. The molecule has 1 amide bonds. The Morgan fingerprint density at radius 3 is 2.65 bits per heavy atom. The summed E-state index contributed by atoms with van der Waals surface area (Å²) in [5, 5.41) is 3.20. The first-order valence-electron chi connectivity index (χ1n) is 11.6. The van der Waals surface area contributed by atoms with Crippen LogP contribution in [0.4, 0.5) is 0 Å². The van der Waals surface area contributed by atoms with E-state index in [1.54, 1.807) is 6.07 Å². The summed E-state index contributed by atoms with van der Waals surface area (Å²) < 4.78 is 38.5. The molecule has 0 saturated heterocycles. The fourth-order valence-corrected chi connectivity index (χ4v) is 6.50. The zero-order chi connectivity index (χ0) is 21.8. The first-order valence-corrected chi connectivity index (χ1v) is 13.1. The molecule has 0 spiro atoms. The van der Waals surface area contributed by atoms with E-state index in [0.717, 1.165) is 24.7 Å². The number of hydrogen-bond donors (Lipinski definition) is 2. The van der Waals surface area contributed by atoms with Crippen LogP contribution in [0.2, 0.25) is 0 Å². The van der Waals surface area contributed by atoms with Gasteiger partial charge in [-0.2, -0.15) is 0 Å². The number of ether oxygens (including phenoxy) is 2. The van der Waals surface area contributed by atoms with Gasteiger partial charge in [0.1, 0.15) is 13.2 Å². The van der Waals surface area contributed by atoms with Crippen molar-refractivity contribution in [1.29, 1.82) is 0 Å². The first kappa shape index (κ1) is 22.4. The van der Waals surface area contributed by atoms with Gasteiger partial charge >= 0.3 is 0 Å². The smallest absolute Gasteiger partial charge is 0.240 e. The van der Waals surface area contributed by atoms with Crippen LogP contribution in [-0.4, -0.2) is 40.1 Å². The van der Waals surface area contributed by atoms with Gasteiger partial charge in [0.25, 0.3) is 0 Å². The highest BCUT2D eigenvalue weighted by molar-refractivity contribution is 7.89. The van der Waals surface area contributed by atoms with Crippen molar-refractivity contribution in [3.63, 3.8) is 0 Å². The molecule has 4 atom stereocenters. The second-order valence-electron chi connectivity index (χ2n) is 9.21. The minimum Gasteiger partial charge on any atom is -0.486 e. The zero-order valence-electron chi connectivity index (χ0n) is 18.3. The topological polar surface area (TPSA) is 93.7 Å². The maximum atomic E-state index is 12.5. The number of benzene rings is 1. The van der Waals surface area contributed by atoms with Gasteiger partial charge in [0.05, 0.1) is 4.90 Å². The van der Waals surface area contributed by atoms with Crippen LogP contribution < -0.4 is 19.5 Å². The van der Waals surface area contributed by atoms with Crippen LogP contribution in [0, 0.1) is 17.8 Å². The number of rotatable bonds is 10. The molecular formula is C23H34N2O5S. The standard InChI is InChI=1S/C23H34N2O5S/c1-16(20-14-17-6-7-18(20)13-17)25-23(26)5-3-2-4-10-24-31(27,28)19-8-9-21-22(15-19)30-12-11-29-21/h8-9,15-18,20,24H,2-7,10-14H2,1H3,(H,25,26). The Bertz CT molecular complexity index is 888. The lowest BCUT2D eigenvalue weighted by molar-refractivity contribution is -0.122. The third-order valence-electron chi connectivity index (χ3n) is 7.02. The largest absolute Gasteiger partial charge is 0.486 e. The van der Waals surface area contributed by atoms with Gasteiger partial charge in [-0.05, 0) is 68.9 Å². The Balaban J connectivity index is 1.12. The van der Waals surface area contributed by atoms with Crippen molar-refractivity contribution in [1.82, 2.24) is 10.0 Å². The summed E-state index contributed by atoms with van der Waals surface area (Å²) in [6.07, 6.45) is 8.10. The number of hydrogen-bond acceptors (Lipinski definition) is 5. The van der Waals surface area contributed by atoms with Crippen molar-refractivity contribution in [2.75, 3.05) is 19.8 Å². The summed E-state index contributed by atoms with van der Waals surface area (Å²) in [6, 6.07) is 4.91. The lowest BCUT2D eigenvalue weighted by atomic mass is 9.84. The van der Waals surface area contributed by atoms with Crippen LogP contribution in [0.1, 0.15) is 58.3 Å². The van der Waals surface area contributed by atoms with E-state index in [4.69, 9.17) is 9.47 Å². The lowest BCUT2D eigenvalue weighted by Crippen LogP contribution is -2.40. The fraction of sp³-hybridized carbons (Fsp3) is 0.696. The van der Waals surface area contributed by atoms with Crippen LogP contribution in [0.5, 0.6) is 11.5 Å². The number of unbranched alkanes of at least 4 members (excludes halogenated alkanes) is 2. The summed E-state index contributed by atoms with van der Waals surface area (Å²) in [4.78, 5) is 12.4. The van der Waals surface area contributed by atoms with Crippen LogP contribution >= 0.6 is 0 Å². The molecule has 0 radical (unpaired) electrons. The van der Waals surface area contributed by atoms with Crippen molar-refractivity contribution in [3.05, 3.63) is 18.2 Å². The van der Waals surface area contributed by atoms with Gasteiger partial charge in [0, 0.05) is 25.1 Å². The minimum atomic E-state index is -3.59. The lowest BCUT2D eigenvalue weighted by Gasteiger charge is -2.28. The molecule has 1 aliphatic heterocycles. The van der Waals surface area contributed by atoms with Crippen LogP contribution in [0.15, 0.2) is 23.1 Å². The van der Waals surface area contributed by atoms with Gasteiger partial charge in [0.2, 0.25) is 15.9 Å². The van der Waals surface area contributed by atoms with E-state index < -0.39 is 10.0 Å². The molecule has 1 heterocycles. The average Bonchev–Trinajstić information content (AvgIpc) is 3.39. The Kier molecular flexibility index (Phi) is 7.06. The van der Waals surface area contributed by atoms with E-state index in [2.05, 4.69) is 17.0 Å². The monoisotopic (exact) mass is 450 g/mol. The minimum absolute atomic E-state index is 0.118. The SMILES string of the molecule is CC(NC(=O)CCCCCNS(=O)(=O)c1ccc2c(c1)OCCO2)C1CC2CCC1C2. The number of carbonyl (C=O) groups is 1.